The van der Waals surface area contributed by atoms with Gasteiger partial charge in [0.25, 0.3) is 0 Å². The number of fused-ring (bicyclic) bond motifs is 3. The minimum Gasteiger partial charge on any atom is -0.497 e. The Morgan fingerprint density at radius 1 is 1.00 bits per heavy atom. The zero-order valence-electron chi connectivity index (χ0n) is 19.0. The molecule has 0 fully saturated rings. The van der Waals surface area contributed by atoms with Gasteiger partial charge in [-0.25, -0.2) is 4.98 Å². The van der Waals surface area contributed by atoms with E-state index in [0.717, 1.165) is 17.1 Å². The topological polar surface area (TPSA) is 95.6 Å². The van der Waals surface area contributed by atoms with Crippen molar-refractivity contribution >= 4 is 45.4 Å². The summed E-state index contributed by atoms with van der Waals surface area (Å²) in [5.74, 6) is 1.02. The van der Waals surface area contributed by atoms with Crippen LogP contribution in [0.25, 0.3) is 27.8 Å². The Labute approximate surface area is 204 Å². The summed E-state index contributed by atoms with van der Waals surface area (Å²) in [6, 6.07) is 21.5. The van der Waals surface area contributed by atoms with E-state index in [1.807, 2.05) is 18.2 Å². The summed E-state index contributed by atoms with van der Waals surface area (Å²) < 4.78 is 17.8. The van der Waals surface area contributed by atoms with Crippen LogP contribution in [-0.4, -0.2) is 35.4 Å². The second-order valence-electron chi connectivity index (χ2n) is 7.58. The lowest BCUT2D eigenvalue weighted by atomic mass is 10.2. The molecule has 0 aliphatic rings. The average molecular weight is 488 g/mol. The first-order valence-corrected chi connectivity index (χ1v) is 11.7. The molecular formula is C26H21N3O5S. The molecule has 176 valence electrons. The van der Waals surface area contributed by atoms with Gasteiger partial charge in [0.1, 0.15) is 22.6 Å². The number of hydrogen-bond acceptors (Lipinski definition) is 7. The van der Waals surface area contributed by atoms with Crippen LogP contribution in [0.3, 0.4) is 0 Å². The number of anilines is 1. The smallest absolute Gasteiger partial charge is 0.302 e. The highest BCUT2D eigenvalue weighted by atomic mass is 32.2. The summed E-state index contributed by atoms with van der Waals surface area (Å²) >= 11 is 1.16. The number of carbonyl (C=O) groups excluding carboxylic acids is 1. The maximum absolute atomic E-state index is 13.6. The number of benzene rings is 3. The molecule has 5 aromatic rings. The molecule has 0 aliphatic heterocycles. The van der Waals surface area contributed by atoms with Crippen LogP contribution in [0.4, 0.5) is 5.69 Å². The maximum Gasteiger partial charge on any atom is 0.302 e. The first-order valence-electron chi connectivity index (χ1n) is 10.7. The molecule has 5 rings (SSSR count). The predicted molar refractivity (Wildman–Crippen MR) is 136 cm³/mol. The minimum absolute atomic E-state index is 0.0366. The van der Waals surface area contributed by atoms with E-state index in [0.29, 0.717) is 39.1 Å². The van der Waals surface area contributed by atoms with Crippen molar-refractivity contribution in [3.8, 4) is 17.2 Å². The van der Waals surface area contributed by atoms with Crippen molar-refractivity contribution < 1.29 is 18.7 Å². The molecule has 2 heterocycles. The molecule has 0 aliphatic carbocycles. The van der Waals surface area contributed by atoms with Gasteiger partial charge in [0.15, 0.2) is 5.16 Å². The van der Waals surface area contributed by atoms with Crippen LogP contribution in [-0.2, 0) is 4.79 Å². The standard InChI is InChI=1S/C26H21N3O5S/c1-32-18-9-5-7-16(13-18)27-22(30)15-35-26-28-23-20-11-3-4-12-21(20)34-24(23)25(31)29(26)17-8-6-10-19(14-17)33-2/h3-14H,15H2,1-2H3,(H,27,30). The number of hydrogen-bond donors (Lipinski definition) is 1. The van der Waals surface area contributed by atoms with Crippen molar-refractivity contribution in [3.63, 3.8) is 0 Å². The minimum atomic E-state index is -0.366. The van der Waals surface area contributed by atoms with Gasteiger partial charge in [0, 0.05) is 23.2 Å². The number of para-hydroxylation sites is 1. The predicted octanol–water partition coefficient (Wildman–Crippen LogP) is 4.88. The molecule has 0 bridgehead atoms. The normalized spacial score (nSPS) is 11.0. The van der Waals surface area contributed by atoms with Gasteiger partial charge >= 0.3 is 5.56 Å². The Hall–Kier alpha value is -4.24. The Morgan fingerprint density at radius 3 is 2.54 bits per heavy atom. The monoisotopic (exact) mass is 487 g/mol. The lowest BCUT2D eigenvalue weighted by Crippen LogP contribution is -2.22. The Balaban J connectivity index is 1.55. The first-order chi connectivity index (χ1) is 17.1. The summed E-state index contributed by atoms with van der Waals surface area (Å²) in [5, 5.41) is 3.95. The fourth-order valence-electron chi connectivity index (χ4n) is 3.72. The van der Waals surface area contributed by atoms with Crippen molar-refractivity contribution in [1.82, 2.24) is 9.55 Å². The number of nitrogens with zero attached hydrogens (tertiary/aromatic N) is 2. The van der Waals surface area contributed by atoms with Gasteiger partial charge in [-0.3, -0.25) is 14.2 Å². The molecular weight excluding hydrogens is 466 g/mol. The van der Waals surface area contributed by atoms with E-state index in [1.54, 1.807) is 68.8 Å². The van der Waals surface area contributed by atoms with E-state index in [1.165, 1.54) is 4.57 Å². The van der Waals surface area contributed by atoms with Crippen LogP contribution < -0.4 is 20.3 Å². The molecule has 35 heavy (non-hydrogen) atoms. The highest BCUT2D eigenvalue weighted by Gasteiger charge is 2.20. The molecule has 1 amide bonds. The molecule has 2 aromatic heterocycles. The van der Waals surface area contributed by atoms with E-state index in [2.05, 4.69) is 5.32 Å². The molecule has 9 heteroatoms. The average Bonchev–Trinajstić information content (AvgIpc) is 3.27. The van der Waals surface area contributed by atoms with Gasteiger partial charge in [0.2, 0.25) is 11.5 Å². The fourth-order valence-corrected chi connectivity index (χ4v) is 4.53. The zero-order valence-corrected chi connectivity index (χ0v) is 19.8. The summed E-state index contributed by atoms with van der Waals surface area (Å²) in [5.41, 5.74) is 1.99. The van der Waals surface area contributed by atoms with Gasteiger partial charge in [-0.2, -0.15) is 0 Å². The molecule has 1 N–H and O–H groups in total. The van der Waals surface area contributed by atoms with Crippen LogP contribution in [0.2, 0.25) is 0 Å². The first kappa shape index (κ1) is 22.5. The van der Waals surface area contributed by atoms with E-state index < -0.39 is 0 Å². The van der Waals surface area contributed by atoms with E-state index in [9.17, 15) is 9.59 Å². The molecule has 0 unspecified atom stereocenters. The fraction of sp³-hybridized carbons (Fsp3) is 0.115. The maximum atomic E-state index is 13.6. The lowest BCUT2D eigenvalue weighted by Gasteiger charge is -2.13. The number of aromatic nitrogens is 2. The van der Waals surface area contributed by atoms with Gasteiger partial charge in [-0.05, 0) is 36.4 Å². The van der Waals surface area contributed by atoms with Crippen LogP contribution in [0.5, 0.6) is 11.5 Å². The van der Waals surface area contributed by atoms with Crippen molar-refractivity contribution in [1.29, 1.82) is 0 Å². The van der Waals surface area contributed by atoms with Crippen LogP contribution in [0.15, 0.2) is 87.2 Å². The number of methoxy groups -OCH3 is 2. The quantitative estimate of drug-likeness (QED) is 0.258. The Bertz CT molecular complexity index is 1610. The SMILES string of the molecule is COc1cccc(NC(=O)CSc2nc3c(oc4ccccc43)c(=O)n2-c2cccc(OC)c2)c1. The number of thioether (sulfide) groups is 1. The molecule has 8 nitrogen and oxygen atoms in total. The van der Waals surface area contributed by atoms with Crippen molar-refractivity contribution in [3.05, 3.63) is 83.2 Å². The number of carbonyl (C=O) groups is 1. The van der Waals surface area contributed by atoms with E-state index in [-0.39, 0.29) is 22.8 Å². The molecule has 0 saturated heterocycles. The lowest BCUT2D eigenvalue weighted by molar-refractivity contribution is -0.113. The van der Waals surface area contributed by atoms with Gasteiger partial charge < -0.3 is 19.2 Å². The summed E-state index contributed by atoms with van der Waals surface area (Å²) in [6.07, 6.45) is 0. The van der Waals surface area contributed by atoms with Gasteiger partial charge in [-0.15, -0.1) is 0 Å². The second kappa shape index (κ2) is 9.55. The third kappa shape index (κ3) is 4.45. The van der Waals surface area contributed by atoms with Gasteiger partial charge in [-0.1, -0.05) is 36.0 Å². The van der Waals surface area contributed by atoms with Crippen LogP contribution >= 0.6 is 11.8 Å². The van der Waals surface area contributed by atoms with E-state index >= 15 is 0 Å². The molecule has 0 radical (unpaired) electrons. The van der Waals surface area contributed by atoms with Crippen LogP contribution in [0.1, 0.15) is 0 Å². The molecule has 0 spiro atoms. The van der Waals surface area contributed by atoms with E-state index in [4.69, 9.17) is 18.9 Å². The Morgan fingerprint density at radius 2 is 1.74 bits per heavy atom. The third-order valence-electron chi connectivity index (χ3n) is 5.36. The summed E-state index contributed by atoms with van der Waals surface area (Å²) in [4.78, 5) is 31.1. The van der Waals surface area contributed by atoms with Crippen molar-refractivity contribution in [2.45, 2.75) is 5.16 Å². The summed E-state index contributed by atoms with van der Waals surface area (Å²) in [6.45, 7) is 0. The van der Waals surface area contributed by atoms with Crippen molar-refractivity contribution in [2.75, 3.05) is 25.3 Å². The highest BCUT2D eigenvalue weighted by molar-refractivity contribution is 7.99. The highest BCUT2D eigenvalue weighted by Crippen LogP contribution is 2.29. The summed E-state index contributed by atoms with van der Waals surface area (Å²) in [7, 11) is 3.12. The number of ether oxygens (including phenoxy) is 2. The number of nitrogens with one attached hydrogen (secondary N) is 1. The largest absolute Gasteiger partial charge is 0.497 e. The third-order valence-corrected chi connectivity index (χ3v) is 6.30. The van der Waals surface area contributed by atoms with Crippen molar-refractivity contribution in [2.24, 2.45) is 0 Å². The number of furan rings is 1. The number of rotatable bonds is 7. The van der Waals surface area contributed by atoms with Gasteiger partial charge in [0.05, 0.1) is 25.7 Å². The molecule has 3 aromatic carbocycles. The molecule has 0 saturated carbocycles. The Kier molecular flexibility index (Phi) is 6.15. The molecule has 0 atom stereocenters. The second-order valence-corrected chi connectivity index (χ2v) is 8.52. The number of amides is 1. The zero-order chi connectivity index (χ0) is 24.4. The van der Waals surface area contributed by atoms with Crippen LogP contribution in [0, 0.1) is 0 Å².